The van der Waals surface area contributed by atoms with Crippen molar-refractivity contribution >= 4 is 38.9 Å². The lowest BCUT2D eigenvalue weighted by molar-refractivity contribution is 0.432. The minimum absolute atomic E-state index is 0.0351. The maximum atomic E-state index is 12.3. The number of nitriles is 1. The Morgan fingerprint density at radius 1 is 1.13 bits per heavy atom. The molecule has 8 heteroatoms. The summed E-state index contributed by atoms with van der Waals surface area (Å²) in [7, 11) is -3.29. The van der Waals surface area contributed by atoms with Crippen LogP contribution in [-0.2, 0) is 10.0 Å². The molecule has 0 unspecified atom stereocenters. The quantitative estimate of drug-likeness (QED) is 0.741. The molecule has 0 spiro atoms. The van der Waals surface area contributed by atoms with Crippen LogP contribution in [0.25, 0.3) is 0 Å². The third-order valence-electron chi connectivity index (χ3n) is 3.81. The van der Waals surface area contributed by atoms with Crippen LogP contribution in [0, 0.1) is 11.3 Å². The van der Waals surface area contributed by atoms with Crippen molar-refractivity contribution < 1.29 is 8.42 Å². The number of benzene rings is 1. The van der Waals surface area contributed by atoms with Crippen molar-refractivity contribution in [2.45, 2.75) is 19.3 Å². The standard InChI is InChI=1S/C15H19Cl2N3O2S/c16-14-5-4-13(12-15(14)17)19-7-3-8-20(10-9-19)23(21,22)11-2-1-6-18/h4-5,12H,1-3,7-11H2. The average Bonchev–Trinajstić information content (AvgIpc) is 2.77. The summed E-state index contributed by atoms with van der Waals surface area (Å²) in [6.45, 7) is 2.32. The van der Waals surface area contributed by atoms with Crippen LogP contribution in [0.3, 0.4) is 0 Å². The molecule has 0 aliphatic carbocycles. The molecule has 0 radical (unpaired) electrons. The normalized spacial score (nSPS) is 16.8. The highest BCUT2D eigenvalue weighted by atomic mass is 35.5. The Labute approximate surface area is 147 Å². The van der Waals surface area contributed by atoms with Crippen LogP contribution in [-0.4, -0.2) is 44.7 Å². The maximum absolute atomic E-state index is 12.3. The summed E-state index contributed by atoms with van der Waals surface area (Å²) in [5.41, 5.74) is 0.947. The molecule has 1 heterocycles. The van der Waals surface area contributed by atoms with Gasteiger partial charge in [0.15, 0.2) is 0 Å². The van der Waals surface area contributed by atoms with E-state index < -0.39 is 10.0 Å². The van der Waals surface area contributed by atoms with Crippen LogP contribution in [0.1, 0.15) is 19.3 Å². The molecule has 0 aromatic heterocycles. The van der Waals surface area contributed by atoms with E-state index in [2.05, 4.69) is 4.90 Å². The van der Waals surface area contributed by atoms with Gasteiger partial charge in [0.1, 0.15) is 0 Å². The van der Waals surface area contributed by atoms with E-state index >= 15 is 0 Å². The molecule has 0 saturated carbocycles. The minimum Gasteiger partial charge on any atom is -0.370 e. The Bertz CT molecular complexity index is 688. The molecule has 0 atom stereocenters. The smallest absolute Gasteiger partial charge is 0.214 e. The summed E-state index contributed by atoms with van der Waals surface area (Å²) in [5, 5.41) is 9.54. The number of halogens is 2. The van der Waals surface area contributed by atoms with Crippen LogP contribution in [0.4, 0.5) is 5.69 Å². The van der Waals surface area contributed by atoms with Crippen molar-refractivity contribution in [2.24, 2.45) is 0 Å². The number of nitrogens with zero attached hydrogens (tertiary/aromatic N) is 3. The molecule has 1 saturated heterocycles. The van der Waals surface area contributed by atoms with Gasteiger partial charge in [-0.2, -0.15) is 5.26 Å². The summed E-state index contributed by atoms with van der Waals surface area (Å²) in [6, 6.07) is 7.43. The van der Waals surface area contributed by atoms with Gasteiger partial charge in [-0.05, 0) is 31.0 Å². The molecule has 1 fully saturated rings. The lowest BCUT2D eigenvalue weighted by atomic mass is 10.2. The summed E-state index contributed by atoms with van der Waals surface area (Å²) in [5.74, 6) is 0.0351. The second-order valence-electron chi connectivity index (χ2n) is 5.42. The van der Waals surface area contributed by atoms with Gasteiger partial charge in [0.2, 0.25) is 10.0 Å². The van der Waals surface area contributed by atoms with Gasteiger partial charge in [-0.15, -0.1) is 0 Å². The second kappa shape index (κ2) is 8.20. The fraction of sp³-hybridized carbons (Fsp3) is 0.533. The maximum Gasteiger partial charge on any atom is 0.214 e. The van der Waals surface area contributed by atoms with Gasteiger partial charge < -0.3 is 4.90 Å². The SMILES string of the molecule is N#CCCCS(=O)(=O)N1CCCN(c2ccc(Cl)c(Cl)c2)CC1. The second-order valence-corrected chi connectivity index (χ2v) is 8.32. The fourth-order valence-electron chi connectivity index (χ4n) is 2.57. The van der Waals surface area contributed by atoms with Gasteiger partial charge >= 0.3 is 0 Å². The first-order valence-corrected chi connectivity index (χ1v) is 9.85. The molecule has 23 heavy (non-hydrogen) atoms. The van der Waals surface area contributed by atoms with E-state index in [1.165, 1.54) is 4.31 Å². The minimum atomic E-state index is -3.29. The molecule has 1 aliphatic rings. The highest BCUT2D eigenvalue weighted by molar-refractivity contribution is 7.89. The highest BCUT2D eigenvalue weighted by Gasteiger charge is 2.25. The van der Waals surface area contributed by atoms with Crippen molar-refractivity contribution in [3.63, 3.8) is 0 Å². The Morgan fingerprint density at radius 3 is 2.61 bits per heavy atom. The van der Waals surface area contributed by atoms with Gasteiger partial charge in [-0.3, -0.25) is 0 Å². The Hall–Kier alpha value is -1.000. The van der Waals surface area contributed by atoms with Gasteiger partial charge in [0, 0.05) is 38.3 Å². The average molecular weight is 376 g/mol. The predicted octanol–water partition coefficient (Wildman–Crippen LogP) is 3.14. The molecule has 0 bridgehead atoms. The Morgan fingerprint density at radius 2 is 1.91 bits per heavy atom. The number of hydrogen-bond donors (Lipinski definition) is 0. The van der Waals surface area contributed by atoms with Crippen molar-refractivity contribution in [3.8, 4) is 6.07 Å². The van der Waals surface area contributed by atoms with E-state index in [1.54, 1.807) is 12.1 Å². The van der Waals surface area contributed by atoms with E-state index in [0.717, 1.165) is 18.7 Å². The van der Waals surface area contributed by atoms with E-state index in [-0.39, 0.29) is 12.2 Å². The molecule has 2 rings (SSSR count). The molecular weight excluding hydrogens is 357 g/mol. The zero-order chi connectivity index (χ0) is 16.9. The van der Waals surface area contributed by atoms with Crippen LogP contribution in [0.2, 0.25) is 10.0 Å². The first-order valence-electron chi connectivity index (χ1n) is 7.49. The molecule has 0 N–H and O–H groups in total. The van der Waals surface area contributed by atoms with E-state index in [4.69, 9.17) is 28.5 Å². The topological polar surface area (TPSA) is 64.4 Å². The molecule has 0 amide bonds. The molecular formula is C15H19Cl2N3O2S. The number of rotatable bonds is 5. The lowest BCUT2D eigenvalue weighted by Crippen LogP contribution is -2.36. The Kier molecular flexibility index (Phi) is 6.54. The fourth-order valence-corrected chi connectivity index (χ4v) is 4.40. The van der Waals surface area contributed by atoms with Crippen LogP contribution in [0.15, 0.2) is 18.2 Å². The molecule has 126 valence electrons. The lowest BCUT2D eigenvalue weighted by Gasteiger charge is -2.24. The summed E-state index contributed by atoms with van der Waals surface area (Å²) >= 11 is 12.0. The van der Waals surface area contributed by atoms with Crippen LogP contribution >= 0.6 is 23.2 Å². The Balaban J connectivity index is 2.01. The third kappa shape index (κ3) is 4.98. The molecule has 1 aliphatic heterocycles. The zero-order valence-electron chi connectivity index (χ0n) is 12.7. The van der Waals surface area contributed by atoms with Gasteiger partial charge in [0.25, 0.3) is 0 Å². The summed E-state index contributed by atoms with van der Waals surface area (Å²) < 4.78 is 26.2. The highest BCUT2D eigenvalue weighted by Crippen LogP contribution is 2.28. The van der Waals surface area contributed by atoms with Crippen LogP contribution in [0.5, 0.6) is 0 Å². The van der Waals surface area contributed by atoms with Crippen molar-refractivity contribution in [1.29, 1.82) is 5.26 Å². The molecule has 5 nitrogen and oxygen atoms in total. The van der Waals surface area contributed by atoms with E-state index in [9.17, 15) is 8.42 Å². The largest absolute Gasteiger partial charge is 0.370 e. The molecule has 1 aromatic carbocycles. The van der Waals surface area contributed by atoms with Gasteiger partial charge in [0.05, 0.1) is 21.9 Å². The van der Waals surface area contributed by atoms with E-state index in [0.29, 0.717) is 36.1 Å². The number of hydrogen-bond acceptors (Lipinski definition) is 4. The van der Waals surface area contributed by atoms with E-state index in [1.807, 2.05) is 12.1 Å². The summed E-state index contributed by atoms with van der Waals surface area (Å²) in [6.07, 6.45) is 1.39. The van der Waals surface area contributed by atoms with Gasteiger partial charge in [-0.25, -0.2) is 12.7 Å². The van der Waals surface area contributed by atoms with Crippen molar-refractivity contribution in [3.05, 3.63) is 28.2 Å². The number of sulfonamides is 1. The van der Waals surface area contributed by atoms with Crippen LogP contribution < -0.4 is 4.90 Å². The first kappa shape index (κ1) is 18.3. The third-order valence-corrected chi connectivity index (χ3v) is 6.50. The van der Waals surface area contributed by atoms with Crippen molar-refractivity contribution in [1.82, 2.24) is 4.31 Å². The number of unbranched alkanes of at least 4 members (excludes halogenated alkanes) is 1. The monoisotopic (exact) mass is 375 g/mol. The predicted molar refractivity (Wildman–Crippen MR) is 93.5 cm³/mol. The number of anilines is 1. The molecule has 1 aromatic rings. The summed E-state index contributed by atoms with van der Waals surface area (Å²) in [4.78, 5) is 2.12. The first-order chi connectivity index (χ1) is 10.9. The van der Waals surface area contributed by atoms with Gasteiger partial charge in [-0.1, -0.05) is 23.2 Å². The zero-order valence-corrected chi connectivity index (χ0v) is 15.0. The van der Waals surface area contributed by atoms with Crippen molar-refractivity contribution in [2.75, 3.05) is 36.8 Å².